The van der Waals surface area contributed by atoms with E-state index in [1.807, 2.05) is 30.3 Å². The Morgan fingerprint density at radius 1 is 1.11 bits per heavy atom. The van der Waals surface area contributed by atoms with E-state index in [9.17, 15) is 4.79 Å². The summed E-state index contributed by atoms with van der Waals surface area (Å²) in [4.78, 5) is 14.3. The van der Waals surface area contributed by atoms with Crippen molar-refractivity contribution in [2.45, 2.75) is 37.6 Å². The highest BCUT2D eigenvalue weighted by Gasteiger charge is 2.49. The number of thiocarbonyl (C=S) groups is 1. The van der Waals surface area contributed by atoms with Crippen LogP contribution < -0.4 is 10.2 Å². The maximum Gasteiger partial charge on any atom is 0.259 e. The van der Waals surface area contributed by atoms with Gasteiger partial charge in [-0.05, 0) is 37.2 Å². The molecular weight excluding hydrogens is 244 g/mol. The van der Waals surface area contributed by atoms with E-state index >= 15 is 0 Å². The molecule has 0 radical (unpaired) electrons. The summed E-state index contributed by atoms with van der Waals surface area (Å²) in [5.74, 6) is 0.124. The first-order valence-electron chi connectivity index (χ1n) is 6.45. The Balaban J connectivity index is 1.94. The van der Waals surface area contributed by atoms with E-state index in [-0.39, 0.29) is 5.91 Å². The summed E-state index contributed by atoms with van der Waals surface area (Å²) in [6.07, 6.45) is 5.22. The number of benzene rings is 1. The Kier molecular flexibility index (Phi) is 2.82. The van der Waals surface area contributed by atoms with Gasteiger partial charge in [0.1, 0.15) is 5.54 Å². The summed E-state index contributed by atoms with van der Waals surface area (Å²) in [5.41, 5.74) is 0.438. The van der Waals surface area contributed by atoms with Crippen molar-refractivity contribution in [2.24, 2.45) is 0 Å². The van der Waals surface area contributed by atoms with Gasteiger partial charge in [0.05, 0.1) is 5.69 Å². The highest BCUT2D eigenvalue weighted by atomic mass is 32.1. The average Bonchev–Trinajstić information content (AvgIpc) is 2.63. The lowest BCUT2D eigenvalue weighted by molar-refractivity contribution is -0.123. The minimum absolute atomic E-state index is 0.124. The average molecular weight is 260 g/mol. The van der Waals surface area contributed by atoms with Crippen molar-refractivity contribution in [1.29, 1.82) is 0 Å². The molecular formula is C14H16N2OS. The number of rotatable bonds is 1. The van der Waals surface area contributed by atoms with Gasteiger partial charge in [-0.1, -0.05) is 37.5 Å². The number of para-hydroxylation sites is 1. The maximum atomic E-state index is 12.7. The molecule has 0 bridgehead atoms. The predicted molar refractivity (Wildman–Crippen MR) is 75.5 cm³/mol. The van der Waals surface area contributed by atoms with Gasteiger partial charge in [-0.25, -0.2) is 0 Å². The number of carbonyl (C=O) groups excluding carboxylic acids is 1. The standard InChI is InChI=1S/C14H16N2OS/c17-12-14(9-5-2-6-10-14)15-13(18)16(12)11-7-3-1-4-8-11/h1,3-4,7-8H,2,5-6,9-10H2,(H,15,18). The van der Waals surface area contributed by atoms with E-state index in [4.69, 9.17) is 12.2 Å². The van der Waals surface area contributed by atoms with E-state index < -0.39 is 5.54 Å². The Morgan fingerprint density at radius 2 is 1.78 bits per heavy atom. The second-order valence-electron chi connectivity index (χ2n) is 5.05. The zero-order valence-corrected chi connectivity index (χ0v) is 11.0. The molecule has 1 amide bonds. The van der Waals surface area contributed by atoms with E-state index in [1.165, 1.54) is 6.42 Å². The number of nitrogens with one attached hydrogen (secondary N) is 1. The summed E-state index contributed by atoms with van der Waals surface area (Å²) in [5, 5.41) is 3.82. The Hall–Kier alpha value is -1.42. The first-order valence-corrected chi connectivity index (χ1v) is 6.86. The summed E-state index contributed by atoms with van der Waals surface area (Å²) in [6.45, 7) is 0. The fraction of sp³-hybridized carbons (Fsp3) is 0.429. The molecule has 1 aromatic rings. The molecule has 3 nitrogen and oxygen atoms in total. The molecule has 3 rings (SSSR count). The van der Waals surface area contributed by atoms with Gasteiger partial charge < -0.3 is 5.32 Å². The summed E-state index contributed by atoms with van der Waals surface area (Å²) < 4.78 is 0. The highest BCUT2D eigenvalue weighted by Crippen LogP contribution is 2.35. The van der Waals surface area contributed by atoms with Crippen LogP contribution in [0.4, 0.5) is 5.69 Å². The van der Waals surface area contributed by atoms with Crippen LogP contribution in [0.2, 0.25) is 0 Å². The minimum atomic E-state index is -0.425. The van der Waals surface area contributed by atoms with Gasteiger partial charge in [-0.2, -0.15) is 0 Å². The Labute approximate surface area is 112 Å². The van der Waals surface area contributed by atoms with Gasteiger partial charge in [0.2, 0.25) is 0 Å². The van der Waals surface area contributed by atoms with Crippen LogP contribution in [-0.2, 0) is 4.79 Å². The SMILES string of the molecule is O=C1N(c2ccccc2)C(=S)NC12CCCCC2. The largest absolute Gasteiger partial charge is 0.348 e. The molecule has 1 aliphatic carbocycles. The molecule has 1 aliphatic heterocycles. The number of hydrogen-bond acceptors (Lipinski definition) is 2. The monoisotopic (exact) mass is 260 g/mol. The quantitative estimate of drug-likeness (QED) is 0.788. The van der Waals surface area contributed by atoms with Gasteiger partial charge in [-0.3, -0.25) is 9.69 Å². The van der Waals surface area contributed by atoms with Crippen molar-refractivity contribution in [3.05, 3.63) is 30.3 Å². The lowest BCUT2D eigenvalue weighted by Gasteiger charge is -2.30. The van der Waals surface area contributed by atoms with Crippen LogP contribution in [0, 0.1) is 0 Å². The fourth-order valence-electron chi connectivity index (χ4n) is 2.93. The molecule has 1 aromatic carbocycles. The van der Waals surface area contributed by atoms with Gasteiger partial charge in [0.25, 0.3) is 5.91 Å². The van der Waals surface area contributed by atoms with Crippen molar-refractivity contribution in [3.8, 4) is 0 Å². The number of nitrogens with zero attached hydrogens (tertiary/aromatic N) is 1. The molecule has 0 aromatic heterocycles. The molecule has 1 spiro atoms. The van der Waals surface area contributed by atoms with Crippen molar-refractivity contribution in [3.63, 3.8) is 0 Å². The molecule has 2 fully saturated rings. The van der Waals surface area contributed by atoms with Crippen LogP contribution >= 0.6 is 12.2 Å². The molecule has 1 saturated heterocycles. The summed E-state index contributed by atoms with van der Waals surface area (Å²) >= 11 is 5.35. The van der Waals surface area contributed by atoms with Crippen LogP contribution in [0.5, 0.6) is 0 Å². The van der Waals surface area contributed by atoms with Crippen LogP contribution in [0.15, 0.2) is 30.3 Å². The zero-order chi connectivity index (χ0) is 12.6. The first kappa shape index (κ1) is 11.7. The number of hydrogen-bond donors (Lipinski definition) is 1. The molecule has 0 atom stereocenters. The lowest BCUT2D eigenvalue weighted by atomic mass is 9.82. The third kappa shape index (κ3) is 1.72. The molecule has 2 aliphatic rings. The van der Waals surface area contributed by atoms with E-state index in [2.05, 4.69) is 5.32 Å². The molecule has 1 heterocycles. The molecule has 18 heavy (non-hydrogen) atoms. The number of anilines is 1. The van der Waals surface area contributed by atoms with Gasteiger partial charge in [-0.15, -0.1) is 0 Å². The van der Waals surface area contributed by atoms with Crippen molar-refractivity contribution in [1.82, 2.24) is 5.32 Å². The predicted octanol–water partition coefficient (Wildman–Crippen LogP) is 2.61. The van der Waals surface area contributed by atoms with Crippen LogP contribution in [0.25, 0.3) is 0 Å². The molecule has 1 saturated carbocycles. The fourth-order valence-corrected chi connectivity index (χ4v) is 3.31. The van der Waals surface area contributed by atoms with E-state index in [0.29, 0.717) is 5.11 Å². The number of amides is 1. The third-order valence-electron chi connectivity index (χ3n) is 3.88. The van der Waals surface area contributed by atoms with Crippen molar-refractivity contribution < 1.29 is 4.79 Å². The zero-order valence-electron chi connectivity index (χ0n) is 10.2. The third-order valence-corrected chi connectivity index (χ3v) is 4.17. The maximum absolute atomic E-state index is 12.7. The van der Waals surface area contributed by atoms with E-state index in [0.717, 1.165) is 31.4 Å². The normalized spacial score (nSPS) is 22.3. The first-order chi connectivity index (χ1) is 8.73. The number of carbonyl (C=O) groups is 1. The lowest BCUT2D eigenvalue weighted by Crippen LogP contribution is -2.48. The molecule has 4 heteroatoms. The van der Waals surface area contributed by atoms with Crippen LogP contribution in [0.1, 0.15) is 32.1 Å². The van der Waals surface area contributed by atoms with Gasteiger partial charge in [0, 0.05) is 0 Å². The smallest absolute Gasteiger partial charge is 0.259 e. The minimum Gasteiger partial charge on any atom is -0.348 e. The second kappa shape index (κ2) is 4.35. The van der Waals surface area contributed by atoms with Crippen LogP contribution in [0.3, 0.4) is 0 Å². The second-order valence-corrected chi connectivity index (χ2v) is 5.44. The summed E-state index contributed by atoms with van der Waals surface area (Å²) in [7, 11) is 0. The Morgan fingerprint density at radius 3 is 2.44 bits per heavy atom. The molecule has 0 unspecified atom stereocenters. The van der Waals surface area contributed by atoms with Gasteiger partial charge in [0.15, 0.2) is 5.11 Å². The topological polar surface area (TPSA) is 32.3 Å². The highest BCUT2D eigenvalue weighted by molar-refractivity contribution is 7.80. The van der Waals surface area contributed by atoms with E-state index in [1.54, 1.807) is 4.90 Å². The van der Waals surface area contributed by atoms with Crippen LogP contribution in [-0.4, -0.2) is 16.6 Å². The van der Waals surface area contributed by atoms with Crippen molar-refractivity contribution in [2.75, 3.05) is 4.90 Å². The summed E-state index contributed by atoms with van der Waals surface area (Å²) in [6, 6.07) is 9.65. The Bertz CT molecular complexity index is 480. The molecule has 94 valence electrons. The van der Waals surface area contributed by atoms with Crippen molar-refractivity contribution >= 4 is 28.9 Å². The molecule has 1 N–H and O–H groups in total. The van der Waals surface area contributed by atoms with Gasteiger partial charge >= 0.3 is 0 Å².